The summed E-state index contributed by atoms with van der Waals surface area (Å²) in [5, 5.41) is 12.4. The van der Waals surface area contributed by atoms with E-state index < -0.39 is 11.1 Å². The highest BCUT2D eigenvalue weighted by Crippen LogP contribution is 2.37. The van der Waals surface area contributed by atoms with E-state index in [1.807, 2.05) is 66.4 Å². The Balaban J connectivity index is 0.000000174. The molecule has 8 aromatic rings. The molecular formula is C56H65BrN16O6. The second kappa shape index (κ2) is 24.3. The maximum absolute atomic E-state index is 11.5. The molecule has 0 bridgehead atoms. The van der Waals surface area contributed by atoms with Crippen LogP contribution in [-0.2, 0) is 69.9 Å². The number of ether oxygens (including phenoxy) is 4. The third kappa shape index (κ3) is 12.9. The van der Waals surface area contributed by atoms with Gasteiger partial charge in [-0.25, -0.2) is 28.1 Å². The van der Waals surface area contributed by atoms with Crippen molar-refractivity contribution in [1.82, 2.24) is 58.6 Å². The summed E-state index contributed by atoms with van der Waals surface area (Å²) >= 11 is 3.43. The van der Waals surface area contributed by atoms with Crippen molar-refractivity contribution in [3.63, 3.8) is 0 Å². The first-order valence-electron chi connectivity index (χ1n) is 26.0. The number of rotatable bonds is 16. The number of nitrogens with one attached hydrogen (secondary N) is 1. The van der Waals surface area contributed by atoms with Gasteiger partial charge in [0.25, 0.3) is 11.1 Å². The van der Waals surface area contributed by atoms with Gasteiger partial charge in [-0.15, -0.1) is 0 Å². The van der Waals surface area contributed by atoms with Gasteiger partial charge < -0.3 is 48.8 Å². The standard InChI is InChI=1S/C28H32N8O3.C17H17BrN4O2.C11H16N4O/c1-7-21-22(39-20-8-10-30-18(13-20)12-17(2)37)15-31-26-25(21)35(6)27(33-26)32-24-14-23(28(3,4)29-5)36(34-24)19-9-11-38-16-19;1-4-13-14(9-20-16-15(13)22(3)17(18)21-16)24-12-5-6-19-11(8-12)7-10(2)23;1-11(2,13-3)9-6-10(12)14-15(9)8-4-5-16-7-8/h8,10,13-15,19H,7,9,11-12,16H2,1-4,6H3,(H,31,32,33,34);5-6,8-9H,4,7H2,1-3H3;6,8H,4-5,7H2,1-2H3,(H2,12,14)/t19-;;8-/m1.1/s1. The molecule has 2 aliphatic rings. The van der Waals surface area contributed by atoms with Crippen molar-refractivity contribution in [3.05, 3.63) is 123 Å². The molecular weight excluding hydrogens is 1070 g/mol. The highest BCUT2D eigenvalue weighted by Gasteiger charge is 2.36. The molecule has 22 nitrogen and oxygen atoms in total. The number of nitrogens with two attached hydrogens (primary N) is 1. The van der Waals surface area contributed by atoms with E-state index in [0.29, 0.717) is 95.9 Å². The minimum Gasteiger partial charge on any atom is -0.455 e. The molecule has 2 atom stereocenters. The van der Waals surface area contributed by atoms with Crippen LogP contribution in [0.25, 0.3) is 32.0 Å². The lowest BCUT2D eigenvalue weighted by molar-refractivity contribution is -0.117. The van der Waals surface area contributed by atoms with Gasteiger partial charge >= 0.3 is 0 Å². The molecule has 0 unspecified atom stereocenters. The molecule has 3 N–H and O–H groups in total. The van der Waals surface area contributed by atoms with Crippen LogP contribution in [0.2, 0.25) is 0 Å². The van der Waals surface area contributed by atoms with Gasteiger partial charge in [0.1, 0.15) is 40.3 Å². The molecule has 0 amide bonds. The van der Waals surface area contributed by atoms with Gasteiger partial charge in [0, 0.05) is 116 Å². The van der Waals surface area contributed by atoms with Gasteiger partial charge in [0.2, 0.25) is 5.95 Å². The topological polar surface area (TPSA) is 241 Å². The number of hydrogen-bond donors (Lipinski definition) is 2. The number of hydrogen-bond acceptors (Lipinski definition) is 16. The number of ketones is 2. The van der Waals surface area contributed by atoms with E-state index in [2.05, 4.69) is 74.8 Å². The van der Waals surface area contributed by atoms with Crippen LogP contribution >= 0.6 is 15.9 Å². The molecule has 23 heteroatoms. The third-order valence-electron chi connectivity index (χ3n) is 13.5. The largest absolute Gasteiger partial charge is 0.455 e. The summed E-state index contributed by atoms with van der Waals surface area (Å²) in [6, 6.07) is 11.1. The first-order valence-corrected chi connectivity index (χ1v) is 26.8. The smallest absolute Gasteiger partial charge is 0.268 e. The number of aryl methyl sites for hydroxylation is 4. The average Bonchev–Trinajstić information content (AvgIpc) is 4.32. The van der Waals surface area contributed by atoms with E-state index in [1.54, 1.807) is 62.0 Å². The zero-order chi connectivity index (χ0) is 56.8. The quantitative estimate of drug-likeness (QED) is 0.0855. The van der Waals surface area contributed by atoms with Crippen molar-refractivity contribution in [2.45, 2.75) is 117 Å². The summed E-state index contributed by atoms with van der Waals surface area (Å²) in [7, 11) is 3.85. The third-order valence-corrected chi connectivity index (χ3v) is 14.2. The summed E-state index contributed by atoms with van der Waals surface area (Å²) < 4.78 is 31.6. The fourth-order valence-electron chi connectivity index (χ4n) is 9.39. The van der Waals surface area contributed by atoms with Crippen molar-refractivity contribution in [2.24, 2.45) is 14.1 Å². The lowest BCUT2D eigenvalue weighted by Crippen LogP contribution is -2.22. The van der Waals surface area contributed by atoms with Crippen LogP contribution < -0.4 is 20.5 Å². The molecule has 0 aliphatic carbocycles. The Labute approximate surface area is 466 Å². The minimum atomic E-state index is -0.734. The summed E-state index contributed by atoms with van der Waals surface area (Å²) in [4.78, 5) is 56.8. The van der Waals surface area contributed by atoms with Crippen molar-refractivity contribution in [2.75, 3.05) is 37.5 Å². The van der Waals surface area contributed by atoms with Crippen LogP contribution in [0.15, 0.2) is 65.9 Å². The second-order valence-electron chi connectivity index (χ2n) is 20.4. The summed E-state index contributed by atoms with van der Waals surface area (Å²) in [6.45, 7) is 32.4. The van der Waals surface area contributed by atoms with Crippen LogP contribution in [0.1, 0.15) is 114 Å². The van der Waals surface area contributed by atoms with Crippen LogP contribution in [-0.4, -0.2) is 96.6 Å². The number of pyridine rings is 4. The Morgan fingerprint density at radius 3 is 1.68 bits per heavy atom. The number of carbonyl (C=O) groups is 2. The van der Waals surface area contributed by atoms with Crippen molar-refractivity contribution < 1.29 is 28.5 Å². The summed E-state index contributed by atoms with van der Waals surface area (Å²) in [5.41, 5.74) is 12.5. The highest BCUT2D eigenvalue weighted by atomic mass is 79.9. The molecule has 0 spiro atoms. The lowest BCUT2D eigenvalue weighted by atomic mass is 10.0. The van der Waals surface area contributed by atoms with Gasteiger partial charge in [-0.1, -0.05) is 13.8 Å². The highest BCUT2D eigenvalue weighted by molar-refractivity contribution is 9.10. The molecule has 0 aromatic carbocycles. The van der Waals surface area contributed by atoms with Gasteiger partial charge in [-0.05, 0) is 67.6 Å². The molecule has 10 rings (SSSR count). The molecule has 79 heavy (non-hydrogen) atoms. The zero-order valence-corrected chi connectivity index (χ0v) is 47.8. The van der Waals surface area contributed by atoms with Crippen LogP contribution in [0, 0.1) is 13.1 Å². The Bertz CT molecular complexity index is 3610. The fraction of sp³-hybridized carbons (Fsp3) is 0.429. The number of Topliss-reactive ketones (excluding diaryl/α,β-unsaturated/α-hetero) is 2. The number of anilines is 3. The SMILES string of the molecule is CCc1c(Oc2ccnc(CC(C)=O)c2)cnc2nc(Br)n(C)c12.[C-]#[N+]C(C)(C)c1cc(N)nn1[C@@H]1CCOC1.[C-]#[N+]C(C)(C)c1cc(Nc2nc3ncc(Oc4ccnc(CC(C)=O)c4)c(CC)c3n2C)nn1[C@@H]1CCOC1. The molecule has 0 saturated carbocycles. The number of halogens is 1. The molecule has 10 heterocycles. The van der Waals surface area contributed by atoms with Crippen molar-refractivity contribution in [1.29, 1.82) is 0 Å². The number of imidazole rings is 2. The molecule has 2 saturated heterocycles. The number of carbonyl (C=O) groups excluding carboxylic acids is 2. The van der Waals surface area contributed by atoms with Gasteiger partial charge in [-0.3, -0.25) is 28.9 Å². The number of nitrogens with zero attached hydrogens (tertiary/aromatic N) is 14. The number of aromatic nitrogens is 12. The fourth-order valence-corrected chi connectivity index (χ4v) is 9.74. The number of nitrogen functional groups attached to an aromatic ring is 1. The first kappa shape index (κ1) is 57.1. The Morgan fingerprint density at radius 1 is 0.734 bits per heavy atom. The van der Waals surface area contributed by atoms with E-state index in [0.717, 1.165) is 64.2 Å². The second-order valence-corrected chi connectivity index (χ2v) is 21.1. The van der Waals surface area contributed by atoms with E-state index in [9.17, 15) is 9.59 Å². The monoisotopic (exact) mass is 1140 g/mol. The van der Waals surface area contributed by atoms with E-state index in [-0.39, 0.29) is 30.1 Å². The Morgan fingerprint density at radius 2 is 1.22 bits per heavy atom. The summed E-state index contributed by atoms with van der Waals surface area (Å²) in [5.74, 6) is 4.29. The van der Waals surface area contributed by atoms with Crippen LogP contribution in [0.5, 0.6) is 23.0 Å². The molecule has 2 aliphatic heterocycles. The lowest BCUT2D eigenvalue weighted by Gasteiger charge is -2.17. The van der Waals surface area contributed by atoms with E-state index >= 15 is 0 Å². The number of fused-ring (bicyclic) bond motifs is 2. The van der Waals surface area contributed by atoms with Gasteiger partial charge in [-0.2, -0.15) is 15.2 Å². The predicted molar refractivity (Wildman–Crippen MR) is 301 cm³/mol. The van der Waals surface area contributed by atoms with Gasteiger partial charge in [0.15, 0.2) is 33.3 Å². The molecule has 2 fully saturated rings. The van der Waals surface area contributed by atoms with Crippen molar-refractivity contribution in [3.8, 4) is 23.0 Å². The first-order chi connectivity index (χ1) is 37.7. The Kier molecular flexibility index (Phi) is 17.5. The molecule has 412 valence electrons. The maximum Gasteiger partial charge on any atom is 0.268 e. The minimum absolute atomic E-state index is 0.0399. The van der Waals surface area contributed by atoms with E-state index in [1.165, 1.54) is 6.92 Å². The average molecular weight is 1140 g/mol. The zero-order valence-electron chi connectivity index (χ0n) is 46.2. The van der Waals surface area contributed by atoms with Crippen molar-refractivity contribution >= 4 is 67.4 Å². The summed E-state index contributed by atoms with van der Waals surface area (Å²) in [6.07, 6.45) is 10.5. The normalized spacial score (nSPS) is 15.2. The molecule has 8 aromatic heterocycles. The predicted octanol–water partition coefficient (Wildman–Crippen LogP) is 10.1. The van der Waals surface area contributed by atoms with Crippen LogP contribution in [0.4, 0.5) is 17.6 Å². The molecule has 0 radical (unpaired) electrons. The van der Waals surface area contributed by atoms with Gasteiger partial charge in [0.05, 0.1) is 60.1 Å². The van der Waals surface area contributed by atoms with Crippen LogP contribution in [0.3, 0.4) is 0 Å². The Hall–Kier alpha value is -8.12. The maximum atomic E-state index is 11.5. The van der Waals surface area contributed by atoms with E-state index in [4.69, 9.17) is 47.9 Å².